The van der Waals surface area contributed by atoms with E-state index in [4.69, 9.17) is 0 Å². The van der Waals surface area contributed by atoms with Gasteiger partial charge in [-0.2, -0.15) is 5.10 Å². The van der Waals surface area contributed by atoms with Crippen molar-refractivity contribution in [1.82, 2.24) is 15.1 Å². The molecule has 2 aromatic carbocycles. The molecule has 1 aromatic heterocycles. The minimum Gasteiger partial charge on any atom is -0.339 e. The fourth-order valence-corrected chi connectivity index (χ4v) is 4.22. The molecule has 0 radical (unpaired) electrons. The quantitative estimate of drug-likeness (QED) is 0.680. The van der Waals surface area contributed by atoms with Gasteiger partial charge in [-0.25, -0.2) is 0 Å². The number of nitrogens with zero attached hydrogens (tertiary/aromatic N) is 2. The number of amides is 2. The Morgan fingerprint density at radius 1 is 1.06 bits per heavy atom. The average Bonchev–Trinajstić information content (AvgIpc) is 3.01. The molecule has 2 heterocycles. The summed E-state index contributed by atoms with van der Waals surface area (Å²) < 4.78 is 1.69. The van der Waals surface area contributed by atoms with Crippen molar-refractivity contribution in [2.45, 2.75) is 45.1 Å². The third-order valence-corrected chi connectivity index (χ3v) is 5.90. The zero-order valence-corrected chi connectivity index (χ0v) is 18.6. The predicted molar refractivity (Wildman–Crippen MR) is 121 cm³/mol. The van der Waals surface area contributed by atoms with Crippen LogP contribution in [0.1, 0.15) is 59.4 Å². The van der Waals surface area contributed by atoms with Gasteiger partial charge in [-0.3, -0.25) is 14.3 Å². The molecule has 2 atom stereocenters. The van der Waals surface area contributed by atoms with E-state index >= 15 is 0 Å². The van der Waals surface area contributed by atoms with Gasteiger partial charge in [0, 0.05) is 24.1 Å². The number of carbonyl (C=O) groups excluding carboxylic acids is 2. The first kappa shape index (κ1) is 20.8. The van der Waals surface area contributed by atoms with Crippen molar-refractivity contribution in [3.8, 4) is 0 Å². The van der Waals surface area contributed by atoms with E-state index in [9.17, 15) is 9.59 Å². The van der Waals surface area contributed by atoms with Gasteiger partial charge in [-0.05, 0) is 35.6 Å². The Balaban J connectivity index is 1.78. The fraction of sp³-hybridized carbons (Fsp3) is 0.320. The SMILES string of the molecule is Cc1nn(C)c2c1[C@@H](c1ccc(C(C)(C)C)cc1)[C@H](NC(=O)c1ccccc1)C(=O)N2. The van der Waals surface area contributed by atoms with Gasteiger partial charge < -0.3 is 10.6 Å². The first-order valence-corrected chi connectivity index (χ1v) is 10.5. The molecule has 0 bridgehead atoms. The Hall–Kier alpha value is -3.41. The highest BCUT2D eigenvalue weighted by molar-refractivity contribution is 6.03. The van der Waals surface area contributed by atoms with Gasteiger partial charge in [0.1, 0.15) is 11.9 Å². The largest absolute Gasteiger partial charge is 0.339 e. The lowest BCUT2D eigenvalue weighted by atomic mass is 9.80. The number of hydrogen-bond acceptors (Lipinski definition) is 3. The van der Waals surface area contributed by atoms with Crippen molar-refractivity contribution < 1.29 is 9.59 Å². The molecule has 1 aliphatic heterocycles. The van der Waals surface area contributed by atoms with Crippen molar-refractivity contribution >= 4 is 17.6 Å². The molecule has 160 valence electrons. The molecule has 3 aromatic rings. The Morgan fingerprint density at radius 2 is 1.71 bits per heavy atom. The number of anilines is 1. The normalized spacial score (nSPS) is 18.3. The molecule has 0 unspecified atom stereocenters. The third kappa shape index (κ3) is 3.85. The van der Waals surface area contributed by atoms with Gasteiger partial charge in [-0.1, -0.05) is 63.2 Å². The molecule has 6 nitrogen and oxygen atoms in total. The summed E-state index contributed by atoms with van der Waals surface area (Å²) >= 11 is 0. The molecule has 1 aliphatic rings. The van der Waals surface area contributed by atoms with Crippen LogP contribution in [0.3, 0.4) is 0 Å². The van der Waals surface area contributed by atoms with Crippen LogP contribution in [0.15, 0.2) is 54.6 Å². The van der Waals surface area contributed by atoms with E-state index < -0.39 is 6.04 Å². The van der Waals surface area contributed by atoms with Crippen molar-refractivity contribution in [2.24, 2.45) is 7.05 Å². The number of rotatable bonds is 3. The lowest BCUT2D eigenvalue weighted by molar-refractivity contribution is -0.118. The molecule has 2 amide bonds. The van der Waals surface area contributed by atoms with E-state index in [0.717, 1.165) is 16.8 Å². The molecule has 0 aliphatic carbocycles. The summed E-state index contributed by atoms with van der Waals surface area (Å²) in [4.78, 5) is 26.0. The second-order valence-electron chi connectivity index (χ2n) is 9.13. The monoisotopic (exact) mass is 416 g/mol. The topological polar surface area (TPSA) is 76.0 Å². The zero-order chi connectivity index (χ0) is 22.3. The van der Waals surface area contributed by atoms with E-state index in [1.165, 1.54) is 5.56 Å². The standard InChI is InChI=1S/C25H28N4O2/c1-15-19-20(16-11-13-18(14-12-16)25(2,3)4)21(24(31)27-22(19)29(5)28-15)26-23(30)17-9-7-6-8-10-17/h6-14,20-21H,1-5H3,(H,26,30)(H,27,31)/t20-,21+/m1/s1. The van der Waals surface area contributed by atoms with Crippen molar-refractivity contribution in [3.63, 3.8) is 0 Å². The number of fused-ring (bicyclic) bond motifs is 1. The maximum absolute atomic E-state index is 13.1. The van der Waals surface area contributed by atoms with E-state index in [1.807, 2.05) is 32.2 Å². The summed E-state index contributed by atoms with van der Waals surface area (Å²) in [6, 6.07) is 16.5. The lowest BCUT2D eigenvalue weighted by Gasteiger charge is -2.33. The van der Waals surface area contributed by atoms with Crippen LogP contribution in [-0.2, 0) is 17.3 Å². The maximum Gasteiger partial charge on any atom is 0.251 e. The molecular formula is C25H28N4O2. The number of aryl methyl sites for hydroxylation is 2. The van der Waals surface area contributed by atoms with Gasteiger partial charge in [0.25, 0.3) is 5.91 Å². The summed E-state index contributed by atoms with van der Waals surface area (Å²) in [7, 11) is 1.81. The van der Waals surface area contributed by atoms with Crippen LogP contribution >= 0.6 is 0 Å². The van der Waals surface area contributed by atoms with Crippen molar-refractivity contribution in [2.75, 3.05) is 5.32 Å². The Bertz CT molecular complexity index is 1120. The summed E-state index contributed by atoms with van der Waals surface area (Å²) in [5, 5.41) is 10.4. The number of hydrogen-bond donors (Lipinski definition) is 2. The minimum absolute atomic E-state index is 0.0266. The molecule has 31 heavy (non-hydrogen) atoms. The van der Waals surface area contributed by atoms with Gasteiger partial charge in [0.2, 0.25) is 5.91 Å². The van der Waals surface area contributed by atoms with Crippen LogP contribution in [0, 0.1) is 6.92 Å². The molecule has 2 N–H and O–H groups in total. The summed E-state index contributed by atoms with van der Waals surface area (Å²) in [5.41, 5.74) is 4.50. The van der Waals surface area contributed by atoms with Crippen LogP contribution in [-0.4, -0.2) is 27.6 Å². The molecule has 0 saturated carbocycles. The second-order valence-corrected chi connectivity index (χ2v) is 9.13. The maximum atomic E-state index is 13.1. The van der Waals surface area contributed by atoms with Crippen LogP contribution in [0.5, 0.6) is 0 Å². The molecule has 0 saturated heterocycles. The first-order valence-electron chi connectivity index (χ1n) is 10.5. The first-order chi connectivity index (χ1) is 14.7. The predicted octanol–water partition coefficient (Wildman–Crippen LogP) is 3.91. The third-order valence-electron chi connectivity index (χ3n) is 5.90. The molecule has 0 spiro atoms. The average molecular weight is 417 g/mol. The van der Waals surface area contributed by atoms with Crippen LogP contribution < -0.4 is 10.6 Å². The van der Waals surface area contributed by atoms with Crippen molar-refractivity contribution in [1.29, 1.82) is 0 Å². The van der Waals surface area contributed by atoms with Gasteiger partial charge >= 0.3 is 0 Å². The van der Waals surface area contributed by atoms with E-state index in [0.29, 0.717) is 11.4 Å². The smallest absolute Gasteiger partial charge is 0.251 e. The van der Waals surface area contributed by atoms with Crippen LogP contribution in [0.2, 0.25) is 0 Å². The number of carbonyl (C=O) groups is 2. The summed E-state index contributed by atoms with van der Waals surface area (Å²) in [5.74, 6) is -0.177. The lowest BCUT2D eigenvalue weighted by Crippen LogP contribution is -2.50. The van der Waals surface area contributed by atoms with Gasteiger partial charge in [-0.15, -0.1) is 0 Å². The van der Waals surface area contributed by atoms with E-state index in [2.05, 4.69) is 60.8 Å². The molecular weight excluding hydrogens is 388 g/mol. The van der Waals surface area contributed by atoms with E-state index in [1.54, 1.807) is 16.8 Å². The Morgan fingerprint density at radius 3 is 2.32 bits per heavy atom. The second kappa shape index (κ2) is 7.69. The van der Waals surface area contributed by atoms with Crippen LogP contribution in [0.4, 0.5) is 5.82 Å². The molecule has 0 fully saturated rings. The number of nitrogens with one attached hydrogen (secondary N) is 2. The highest BCUT2D eigenvalue weighted by Gasteiger charge is 2.41. The highest BCUT2D eigenvalue weighted by atomic mass is 16.2. The van der Waals surface area contributed by atoms with Gasteiger partial charge in [0.15, 0.2) is 0 Å². The zero-order valence-electron chi connectivity index (χ0n) is 18.6. The minimum atomic E-state index is -0.747. The van der Waals surface area contributed by atoms with Crippen molar-refractivity contribution in [3.05, 3.63) is 82.5 Å². The highest BCUT2D eigenvalue weighted by Crippen LogP contribution is 2.39. The summed E-state index contributed by atoms with van der Waals surface area (Å²) in [6.07, 6.45) is 0. The fourth-order valence-electron chi connectivity index (χ4n) is 4.22. The molecule has 4 rings (SSSR count). The van der Waals surface area contributed by atoms with Gasteiger partial charge in [0.05, 0.1) is 5.69 Å². The summed E-state index contributed by atoms with van der Waals surface area (Å²) in [6.45, 7) is 8.44. The van der Waals surface area contributed by atoms with Crippen LogP contribution in [0.25, 0.3) is 0 Å². The molecule has 6 heteroatoms. The number of benzene rings is 2. The number of aromatic nitrogens is 2. The Kier molecular flexibility index (Phi) is 5.17. The Labute approximate surface area is 182 Å². The van der Waals surface area contributed by atoms with E-state index in [-0.39, 0.29) is 23.1 Å².